The lowest BCUT2D eigenvalue weighted by molar-refractivity contribution is -0.0431. The van der Waals surface area contributed by atoms with Gasteiger partial charge in [-0.1, -0.05) is 30.3 Å². The van der Waals surface area contributed by atoms with E-state index in [1.165, 1.54) is 0 Å². The number of fused-ring (bicyclic) bond motifs is 1. The van der Waals surface area contributed by atoms with E-state index in [0.29, 0.717) is 28.8 Å². The van der Waals surface area contributed by atoms with Gasteiger partial charge in [-0.3, -0.25) is 4.79 Å². The van der Waals surface area contributed by atoms with Gasteiger partial charge in [-0.25, -0.2) is 4.98 Å². The number of nitrogens with zero attached hydrogens (tertiary/aromatic N) is 3. The Morgan fingerprint density at radius 3 is 2.67 bits per heavy atom. The summed E-state index contributed by atoms with van der Waals surface area (Å²) in [6.45, 7) is 5.41. The van der Waals surface area contributed by atoms with Crippen LogP contribution in [0.2, 0.25) is 0 Å². The zero-order chi connectivity index (χ0) is 25.3. The molecule has 36 heavy (non-hydrogen) atoms. The van der Waals surface area contributed by atoms with Crippen LogP contribution in [0.1, 0.15) is 41.4 Å². The first-order chi connectivity index (χ1) is 17.3. The van der Waals surface area contributed by atoms with E-state index in [0.717, 1.165) is 16.8 Å². The first-order valence-electron chi connectivity index (χ1n) is 11.6. The van der Waals surface area contributed by atoms with Gasteiger partial charge in [0.2, 0.25) is 11.7 Å². The fraction of sp³-hybridized carbons (Fsp3) is 0.222. The Morgan fingerprint density at radius 2 is 1.89 bits per heavy atom. The molecular formula is C27H27N5O4. The smallest absolute Gasteiger partial charge is 0.253 e. The summed E-state index contributed by atoms with van der Waals surface area (Å²) in [5.74, 6) is 1.38. The summed E-state index contributed by atoms with van der Waals surface area (Å²) >= 11 is 0. The lowest BCUT2D eigenvalue weighted by atomic mass is 10.1. The van der Waals surface area contributed by atoms with Crippen LogP contribution < -0.4 is 20.1 Å². The number of carbonyl (C=O) groups excluding carboxylic acids is 1. The van der Waals surface area contributed by atoms with Crippen LogP contribution in [0, 0.1) is 6.92 Å². The van der Waals surface area contributed by atoms with E-state index in [1.807, 2.05) is 69.3 Å². The lowest BCUT2D eigenvalue weighted by Crippen LogP contribution is -2.30. The molecule has 1 aliphatic heterocycles. The summed E-state index contributed by atoms with van der Waals surface area (Å²) in [5.41, 5.74) is 2.89. The van der Waals surface area contributed by atoms with Crippen LogP contribution in [-0.2, 0) is 0 Å². The molecule has 0 saturated heterocycles. The van der Waals surface area contributed by atoms with E-state index in [-0.39, 0.29) is 12.5 Å². The number of aryl methyl sites for hydroxylation is 1. The van der Waals surface area contributed by atoms with Gasteiger partial charge in [0.15, 0.2) is 11.5 Å². The number of hydrogen-bond acceptors (Lipinski definition) is 7. The molecule has 1 atom stereocenters. The van der Waals surface area contributed by atoms with Crippen molar-refractivity contribution in [2.24, 2.45) is 0 Å². The Bertz CT molecular complexity index is 1400. The van der Waals surface area contributed by atoms with Gasteiger partial charge < -0.3 is 29.8 Å². The van der Waals surface area contributed by atoms with Crippen LogP contribution in [-0.4, -0.2) is 37.9 Å². The van der Waals surface area contributed by atoms with E-state index >= 15 is 0 Å². The molecule has 0 radical (unpaired) electrons. The largest absolute Gasteiger partial charge is 0.449 e. The molecule has 184 valence electrons. The number of aliphatic hydroxyl groups is 1. The summed E-state index contributed by atoms with van der Waals surface area (Å²) in [4.78, 5) is 21.9. The molecule has 3 heterocycles. The van der Waals surface area contributed by atoms with Crippen LogP contribution in [0.4, 0.5) is 11.6 Å². The van der Waals surface area contributed by atoms with Crippen LogP contribution in [0.15, 0.2) is 73.2 Å². The van der Waals surface area contributed by atoms with E-state index in [2.05, 4.69) is 20.6 Å². The van der Waals surface area contributed by atoms with Crippen molar-refractivity contribution in [3.05, 3.63) is 89.9 Å². The van der Waals surface area contributed by atoms with Crippen molar-refractivity contribution in [3.8, 4) is 17.3 Å². The average Bonchev–Trinajstić information content (AvgIpc) is 3.47. The van der Waals surface area contributed by atoms with Crippen molar-refractivity contribution >= 4 is 17.5 Å². The summed E-state index contributed by atoms with van der Waals surface area (Å²) in [7, 11) is 0. The molecule has 0 saturated carbocycles. The fourth-order valence-corrected chi connectivity index (χ4v) is 4.01. The number of rotatable bonds is 7. The molecule has 9 nitrogen and oxygen atoms in total. The monoisotopic (exact) mass is 485 g/mol. The highest BCUT2D eigenvalue weighted by atomic mass is 16.7. The van der Waals surface area contributed by atoms with Crippen molar-refractivity contribution in [1.29, 1.82) is 0 Å². The summed E-state index contributed by atoms with van der Waals surface area (Å²) in [5, 5.41) is 15.8. The second-order valence-electron chi connectivity index (χ2n) is 9.02. The number of anilines is 2. The highest BCUT2D eigenvalue weighted by molar-refractivity contribution is 5.94. The Kier molecular flexibility index (Phi) is 6.07. The van der Waals surface area contributed by atoms with Gasteiger partial charge in [0.25, 0.3) is 5.91 Å². The van der Waals surface area contributed by atoms with E-state index in [9.17, 15) is 9.90 Å². The summed E-state index contributed by atoms with van der Waals surface area (Å²) in [6.07, 6.45) is 5.20. The Labute approximate surface area is 208 Å². The van der Waals surface area contributed by atoms with E-state index in [1.54, 1.807) is 29.2 Å². The normalized spacial score (nSPS) is 14.3. The molecular weight excluding hydrogens is 458 g/mol. The highest BCUT2D eigenvalue weighted by Crippen LogP contribution is 2.41. The average molecular weight is 486 g/mol. The highest BCUT2D eigenvalue weighted by Gasteiger charge is 2.31. The van der Waals surface area contributed by atoms with Crippen molar-refractivity contribution in [3.63, 3.8) is 0 Å². The van der Waals surface area contributed by atoms with Crippen LogP contribution >= 0.6 is 0 Å². The maximum atomic E-state index is 12.9. The van der Waals surface area contributed by atoms with Gasteiger partial charge in [0.1, 0.15) is 5.82 Å². The molecule has 0 spiro atoms. The van der Waals surface area contributed by atoms with Gasteiger partial charge in [-0.15, -0.1) is 0 Å². The minimum atomic E-state index is -0.703. The second kappa shape index (κ2) is 9.35. The number of nitrogens with one attached hydrogen (secondary N) is 2. The number of amides is 1. The predicted molar refractivity (Wildman–Crippen MR) is 135 cm³/mol. The molecule has 1 aliphatic rings. The SMILES string of the molecule is Cc1cnc(Nc2ccc3c(c2)OC(C)(C)O3)nc1-n1ccc(C(=O)NC(CO)c2ccccc2)c1. The topological polar surface area (TPSA) is 111 Å². The molecule has 2 aromatic carbocycles. The van der Waals surface area contributed by atoms with Crippen molar-refractivity contribution in [2.45, 2.75) is 32.6 Å². The molecule has 0 fully saturated rings. The van der Waals surface area contributed by atoms with E-state index < -0.39 is 11.8 Å². The van der Waals surface area contributed by atoms with Crippen LogP contribution in [0.25, 0.3) is 5.82 Å². The molecule has 1 unspecified atom stereocenters. The van der Waals surface area contributed by atoms with Gasteiger partial charge in [0, 0.05) is 49.8 Å². The van der Waals surface area contributed by atoms with Gasteiger partial charge in [-0.05, 0) is 30.7 Å². The first-order valence-corrected chi connectivity index (χ1v) is 11.6. The fourth-order valence-electron chi connectivity index (χ4n) is 4.01. The quantitative estimate of drug-likeness (QED) is 0.358. The molecule has 5 rings (SSSR count). The maximum absolute atomic E-state index is 12.9. The van der Waals surface area contributed by atoms with Crippen molar-refractivity contribution < 1.29 is 19.4 Å². The summed E-state index contributed by atoms with van der Waals surface area (Å²) in [6, 6.07) is 16.1. The zero-order valence-corrected chi connectivity index (χ0v) is 20.2. The van der Waals surface area contributed by atoms with Gasteiger partial charge >= 0.3 is 0 Å². The third kappa shape index (κ3) is 4.87. The number of benzene rings is 2. The van der Waals surface area contributed by atoms with Crippen molar-refractivity contribution in [1.82, 2.24) is 19.9 Å². The number of aromatic nitrogens is 3. The number of hydrogen-bond donors (Lipinski definition) is 3. The minimum Gasteiger partial charge on any atom is -0.449 e. The number of ether oxygens (including phenoxy) is 2. The zero-order valence-electron chi connectivity index (χ0n) is 20.2. The predicted octanol–water partition coefficient (Wildman–Crippen LogP) is 4.29. The Hall–Kier alpha value is -4.37. The molecule has 0 bridgehead atoms. The Balaban J connectivity index is 1.33. The van der Waals surface area contributed by atoms with Crippen LogP contribution in [0.5, 0.6) is 11.5 Å². The standard InChI is InChI=1S/C27H27N5O4/c1-17-14-28-26(29-20-9-10-22-23(13-20)36-27(2,3)35-22)31-24(17)32-12-11-19(15-32)25(34)30-21(16-33)18-7-5-4-6-8-18/h4-15,21,33H,16H2,1-3H3,(H,30,34)(H,28,29,31). The molecule has 9 heteroatoms. The van der Waals surface area contributed by atoms with Gasteiger partial charge in [0.05, 0.1) is 18.2 Å². The van der Waals surface area contributed by atoms with Crippen LogP contribution in [0.3, 0.4) is 0 Å². The number of aliphatic hydroxyl groups excluding tert-OH is 1. The number of carbonyl (C=O) groups is 1. The third-order valence-corrected chi connectivity index (χ3v) is 5.75. The molecule has 4 aromatic rings. The second-order valence-corrected chi connectivity index (χ2v) is 9.02. The maximum Gasteiger partial charge on any atom is 0.253 e. The first kappa shape index (κ1) is 23.4. The molecule has 2 aromatic heterocycles. The van der Waals surface area contributed by atoms with Crippen molar-refractivity contribution in [2.75, 3.05) is 11.9 Å². The molecule has 0 aliphatic carbocycles. The van der Waals surface area contributed by atoms with Gasteiger partial charge in [-0.2, -0.15) is 4.98 Å². The summed E-state index contributed by atoms with van der Waals surface area (Å²) < 4.78 is 13.3. The lowest BCUT2D eigenvalue weighted by Gasteiger charge is -2.16. The minimum absolute atomic E-state index is 0.201. The van der Waals surface area contributed by atoms with E-state index in [4.69, 9.17) is 9.47 Å². The third-order valence-electron chi connectivity index (χ3n) is 5.75. The Morgan fingerprint density at radius 1 is 1.11 bits per heavy atom. The molecule has 1 amide bonds. The molecule has 3 N–H and O–H groups in total.